The molecule has 1 aliphatic carbocycles. The summed E-state index contributed by atoms with van der Waals surface area (Å²) in [7, 11) is 0. The van der Waals surface area contributed by atoms with Crippen LogP contribution in [0.5, 0.6) is 0 Å². The first-order valence-electron chi connectivity index (χ1n) is 3.04. The molecular weight excluding hydrogens is 104 g/mol. The highest BCUT2D eigenvalue weighted by Gasteiger charge is 2.13. The van der Waals surface area contributed by atoms with Crippen molar-refractivity contribution in [2.24, 2.45) is 0 Å². The second-order valence-electron chi connectivity index (χ2n) is 2.16. The molecule has 1 rings (SSSR count). The predicted molar refractivity (Wildman–Crippen MR) is 28.3 cm³/mol. The van der Waals surface area contributed by atoms with Crippen LogP contribution in [0.3, 0.4) is 0 Å². The van der Waals surface area contributed by atoms with Crippen LogP contribution < -0.4 is 0 Å². The molecule has 0 bridgehead atoms. The zero-order valence-electron chi connectivity index (χ0n) is 4.80. The van der Waals surface area contributed by atoms with Gasteiger partial charge < -0.3 is 0 Å². The highest BCUT2D eigenvalue weighted by molar-refractivity contribution is 4.75. The fourth-order valence-electron chi connectivity index (χ4n) is 0.992. The van der Waals surface area contributed by atoms with Crippen LogP contribution >= 0.6 is 0 Å². The van der Waals surface area contributed by atoms with Crippen LogP contribution in [0.1, 0.15) is 25.7 Å². The van der Waals surface area contributed by atoms with Crippen molar-refractivity contribution in [1.82, 2.24) is 0 Å². The smallest absolute Gasteiger partial charge is 0.0962 e. The minimum atomic E-state index is -0.000000000000000444. The summed E-state index contributed by atoms with van der Waals surface area (Å²) < 4.78 is 0. The molecule has 0 aliphatic heterocycles. The van der Waals surface area contributed by atoms with E-state index in [9.17, 15) is 5.26 Å². The van der Waals surface area contributed by atoms with Crippen LogP contribution in [0.25, 0.3) is 0 Å². The molecule has 8 heavy (non-hydrogen) atoms. The van der Waals surface area contributed by atoms with Gasteiger partial charge in [0.2, 0.25) is 0 Å². The number of rotatable bonds is 1. The van der Waals surface area contributed by atoms with Crippen LogP contribution in [0.2, 0.25) is 0 Å². The molecule has 2 radical (unpaired) electrons. The molecule has 0 amide bonds. The maximum absolute atomic E-state index is 9.77. The van der Waals surface area contributed by atoms with Crippen molar-refractivity contribution < 1.29 is 10.1 Å². The standard InChI is InChI=1S/C6H10O2/c7-8-6-4-2-1-3-5-6/h1,6H,2-5H2. The summed E-state index contributed by atoms with van der Waals surface area (Å²) in [6.45, 7) is 0. The maximum Gasteiger partial charge on any atom is 0.0962 e. The third kappa shape index (κ3) is 1.46. The lowest BCUT2D eigenvalue weighted by atomic mass is 9.98. The number of hydrogen-bond acceptors (Lipinski definition) is 1. The van der Waals surface area contributed by atoms with Gasteiger partial charge in [-0.1, -0.05) is 0 Å². The monoisotopic (exact) mass is 114 g/mol. The van der Waals surface area contributed by atoms with Gasteiger partial charge >= 0.3 is 0 Å². The normalized spacial score (nSPS) is 23.6. The molecule has 0 saturated heterocycles. The lowest BCUT2D eigenvalue weighted by molar-refractivity contribution is -0.338. The minimum absolute atomic E-state index is 0.000000000000000444. The van der Waals surface area contributed by atoms with Crippen molar-refractivity contribution in [2.75, 3.05) is 0 Å². The Balaban J connectivity index is 2.13. The van der Waals surface area contributed by atoms with Crippen LogP contribution in [0.4, 0.5) is 0 Å². The highest BCUT2D eigenvalue weighted by Crippen LogP contribution is 2.18. The zero-order valence-corrected chi connectivity index (χ0v) is 4.80. The summed E-state index contributed by atoms with van der Waals surface area (Å²) >= 11 is 0. The Labute approximate surface area is 49.4 Å². The lowest BCUT2D eigenvalue weighted by Crippen LogP contribution is -2.13. The molecule has 1 aliphatic rings. The Bertz CT molecular complexity index is 57.5. The van der Waals surface area contributed by atoms with Crippen LogP contribution in [0.15, 0.2) is 0 Å². The van der Waals surface area contributed by atoms with Crippen molar-refractivity contribution in [2.45, 2.75) is 31.8 Å². The molecule has 0 spiro atoms. The first kappa shape index (κ1) is 6.05. The molecule has 1 saturated carbocycles. The molecule has 2 nitrogen and oxygen atoms in total. The van der Waals surface area contributed by atoms with E-state index in [2.05, 4.69) is 11.3 Å². The van der Waals surface area contributed by atoms with Gasteiger partial charge in [-0.15, -0.1) is 0 Å². The zero-order chi connectivity index (χ0) is 5.82. The average molecular weight is 114 g/mol. The minimum Gasteiger partial charge on any atom is -0.200 e. The van der Waals surface area contributed by atoms with Crippen molar-refractivity contribution in [1.29, 1.82) is 0 Å². The van der Waals surface area contributed by atoms with E-state index in [0.29, 0.717) is 0 Å². The van der Waals surface area contributed by atoms with Crippen LogP contribution in [-0.4, -0.2) is 6.10 Å². The van der Waals surface area contributed by atoms with E-state index in [4.69, 9.17) is 0 Å². The van der Waals surface area contributed by atoms with Gasteiger partial charge in [-0.25, -0.2) is 4.89 Å². The molecule has 1 fully saturated rings. The lowest BCUT2D eigenvalue weighted by Gasteiger charge is -2.15. The van der Waals surface area contributed by atoms with Gasteiger partial charge in [0.25, 0.3) is 0 Å². The molecule has 0 unspecified atom stereocenters. The Kier molecular flexibility index (Phi) is 2.30. The molecule has 2 heteroatoms. The third-order valence-corrected chi connectivity index (χ3v) is 1.52. The van der Waals surface area contributed by atoms with Gasteiger partial charge in [0.1, 0.15) is 0 Å². The van der Waals surface area contributed by atoms with Gasteiger partial charge in [0.15, 0.2) is 0 Å². The maximum atomic E-state index is 9.77. The molecule has 0 aromatic carbocycles. The van der Waals surface area contributed by atoms with E-state index in [-0.39, 0.29) is 6.10 Å². The first-order valence-corrected chi connectivity index (χ1v) is 3.04. The molecule has 0 atom stereocenters. The van der Waals surface area contributed by atoms with E-state index in [1.165, 1.54) is 0 Å². The summed E-state index contributed by atoms with van der Waals surface area (Å²) in [5.41, 5.74) is 0. The summed E-state index contributed by atoms with van der Waals surface area (Å²) in [5, 5.41) is 9.77. The van der Waals surface area contributed by atoms with E-state index >= 15 is 0 Å². The van der Waals surface area contributed by atoms with E-state index in [0.717, 1.165) is 25.7 Å². The Morgan fingerprint density at radius 2 is 2.00 bits per heavy atom. The van der Waals surface area contributed by atoms with Crippen LogP contribution in [-0.2, 0) is 10.1 Å². The summed E-state index contributed by atoms with van der Waals surface area (Å²) in [4.78, 5) is 3.92. The SMILES string of the molecule is [O]OC1CC[CH]CC1. The van der Waals surface area contributed by atoms with Gasteiger partial charge in [-0.3, -0.25) is 0 Å². The number of hydrogen-bond donors (Lipinski definition) is 0. The van der Waals surface area contributed by atoms with Gasteiger partial charge in [-0.05, 0) is 37.4 Å². The summed E-state index contributed by atoms with van der Waals surface area (Å²) in [6.07, 6.45) is 6.14. The van der Waals surface area contributed by atoms with E-state index in [1.54, 1.807) is 0 Å². The molecule has 0 aromatic heterocycles. The Morgan fingerprint density at radius 3 is 2.38 bits per heavy atom. The van der Waals surface area contributed by atoms with Gasteiger partial charge in [0.05, 0.1) is 6.10 Å². The third-order valence-electron chi connectivity index (χ3n) is 1.52. The first-order chi connectivity index (χ1) is 3.93. The fourth-order valence-corrected chi connectivity index (χ4v) is 0.992. The quantitative estimate of drug-likeness (QED) is 0.375. The molecule has 0 aromatic rings. The largest absolute Gasteiger partial charge is 0.200 e. The average Bonchev–Trinajstić information content (AvgIpc) is 1.90. The van der Waals surface area contributed by atoms with Crippen LogP contribution in [0, 0.1) is 6.42 Å². The highest BCUT2D eigenvalue weighted by atomic mass is 17.1. The topological polar surface area (TPSA) is 29.1 Å². The molecular formula is C6H10O2. The van der Waals surface area contributed by atoms with E-state index < -0.39 is 0 Å². The van der Waals surface area contributed by atoms with Crippen molar-refractivity contribution in [3.8, 4) is 0 Å². The summed E-state index contributed by atoms with van der Waals surface area (Å²) in [6, 6.07) is 0. The Hall–Kier alpha value is -0.0800. The summed E-state index contributed by atoms with van der Waals surface area (Å²) in [5.74, 6) is 0. The Morgan fingerprint density at radius 1 is 1.38 bits per heavy atom. The predicted octanol–water partition coefficient (Wildman–Crippen LogP) is 1.50. The van der Waals surface area contributed by atoms with Gasteiger partial charge in [0, 0.05) is 0 Å². The molecule has 0 heterocycles. The fraction of sp³-hybridized carbons (Fsp3) is 0.833. The second kappa shape index (κ2) is 3.05. The molecule has 46 valence electrons. The van der Waals surface area contributed by atoms with Gasteiger partial charge in [-0.2, -0.15) is 0 Å². The molecule has 0 N–H and O–H groups in total. The second-order valence-corrected chi connectivity index (χ2v) is 2.16. The van der Waals surface area contributed by atoms with Crippen molar-refractivity contribution >= 4 is 0 Å². The van der Waals surface area contributed by atoms with Crippen molar-refractivity contribution in [3.05, 3.63) is 6.42 Å². The van der Waals surface area contributed by atoms with E-state index in [1.807, 2.05) is 0 Å². The van der Waals surface area contributed by atoms with Crippen molar-refractivity contribution in [3.63, 3.8) is 0 Å².